The lowest BCUT2D eigenvalue weighted by atomic mass is 10.1. The van der Waals surface area contributed by atoms with Crippen LogP contribution in [-0.4, -0.2) is 35.8 Å². The third-order valence-electron chi connectivity index (χ3n) is 3.88. The molecule has 3 rings (SSSR count). The summed E-state index contributed by atoms with van der Waals surface area (Å²) < 4.78 is 12.1. The van der Waals surface area contributed by atoms with Crippen molar-refractivity contribution in [1.82, 2.24) is 4.57 Å². The normalized spacial score (nSPS) is 17.6. The first-order valence-electron chi connectivity index (χ1n) is 8.17. The molecule has 25 heavy (non-hydrogen) atoms. The number of ether oxygens (including phenoxy) is 2. The Morgan fingerprint density at radius 3 is 2.88 bits per heavy atom. The second-order valence-corrected chi connectivity index (χ2v) is 6.79. The van der Waals surface area contributed by atoms with Gasteiger partial charge in [0.1, 0.15) is 0 Å². The van der Waals surface area contributed by atoms with Gasteiger partial charge in [-0.1, -0.05) is 29.8 Å². The highest BCUT2D eigenvalue weighted by atomic mass is 32.1. The zero-order valence-electron chi connectivity index (χ0n) is 14.0. The predicted octanol–water partition coefficient (Wildman–Crippen LogP) is 2.06. The molecule has 1 saturated heterocycles. The third kappa shape index (κ3) is 4.87. The molecule has 0 saturated carbocycles. The fraction of sp³-hybridized carbons (Fsp3) is 0.389. The Morgan fingerprint density at radius 1 is 1.36 bits per heavy atom. The van der Waals surface area contributed by atoms with E-state index in [2.05, 4.69) is 29.3 Å². The minimum absolute atomic E-state index is 0.360. The van der Waals surface area contributed by atoms with Crippen LogP contribution in [0.4, 0.5) is 0 Å². The van der Waals surface area contributed by atoms with E-state index >= 15 is 0 Å². The van der Waals surface area contributed by atoms with Gasteiger partial charge in [0, 0.05) is 24.7 Å². The number of thiazole rings is 1. The number of nitrogens with zero attached hydrogens (tertiary/aromatic N) is 2. The maximum Gasteiger partial charge on any atom is 0.335 e. The van der Waals surface area contributed by atoms with Crippen molar-refractivity contribution in [1.29, 1.82) is 0 Å². The number of aryl methyl sites for hydroxylation is 1. The summed E-state index contributed by atoms with van der Waals surface area (Å²) in [7, 11) is 0. The van der Waals surface area contributed by atoms with Crippen molar-refractivity contribution in [2.24, 2.45) is 4.99 Å². The van der Waals surface area contributed by atoms with Gasteiger partial charge in [0.25, 0.3) is 5.91 Å². The summed E-state index contributed by atoms with van der Waals surface area (Å²) in [4.78, 5) is 28.4. The van der Waals surface area contributed by atoms with Crippen LogP contribution in [0.5, 0.6) is 0 Å². The van der Waals surface area contributed by atoms with Gasteiger partial charge in [-0.05, 0) is 25.3 Å². The Bertz CT molecular complexity index is 801. The number of carbonyl (C=O) groups excluding carboxylic acids is 2. The molecule has 0 aliphatic carbocycles. The minimum Gasteiger partial charge on any atom is -0.454 e. The van der Waals surface area contributed by atoms with Crippen LogP contribution in [0.15, 0.2) is 40.8 Å². The summed E-state index contributed by atoms with van der Waals surface area (Å²) in [6.07, 6.45) is 2.83. The van der Waals surface area contributed by atoms with Gasteiger partial charge in [0.05, 0.1) is 0 Å². The van der Waals surface area contributed by atoms with E-state index in [0.717, 1.165) is 12.0 Å². The quantitative estimate of drug-likeness (QED) is 0.765. The SMILES string of the molecule is Cc1ccc(Cn2ccsc2=NC(=O)COC(=O)[C@H]2CCCO2)cc1. The van der Waals surface area contributed by atoms with Crippen LogP contribution in [0, 0.1) is 6.92 Å². The van der Waals surface area contributed by atoms with E-state index in [0.29, 0.717) is 24.4 Å². The molecule has 2 heterocycles. The van der Waals surface area contributed by atoms with Gasteiger partial charge in [0.2, 0.25) is 0 Å². The van der Waals surface area contributed by atoms with Gasteiger partial charge in [-0.25, -0.2) is 4.79 Å². The van der Waals surface area contributed by atoms with E-state index < -0.39 is 18.0 Å². The van der Waals surface area contributed by atoms with Crippen LogP contribution < -0.4 is 4.80 Å². The van der Waals surface area contributed by atoms with Crippen LogP contribution in [0.25, 0.3) is 0 Å². The Morgan fingerprint density at radius 2 is 2.16 bits per heavy atom. The van der Waals surface area contributed by atoms with Crippen LogP contribution in [-0.2, 0) is 25.6 Å². The zero-order chi connectivity index (χ0) is 17.6. The number of amides is 1. The molecule has 0 N–H and O–H groups in total. The molecule has 0 unspecified atom stereocenters. The van der Waals surface area contributed by atoms with Gasteiger partial charge >= 0.3 is 5.97 Å². The van der Waals surface area contributed by atoms with E-state index in [1.807, 2.05) is 23.1 Å². The second kappa shape index (κ2) is 8.22. The van der Waals surface area contributed by atoms with Crippen molar-refractivity contribution in [3.05, 3.63) is 51.8 Å². The zero-order valence-corrected chi connectivity index (χ0v) is 14.8. The maximum absolute atomic E-state index is 12.0. The summed E-state index contributed by atoms with van der Waals surface area (Å²) >= 11 is 1.37. The Hall–Kier alpha value is -2.25. The Labute approximate surface area is 149 Å². The summed E-state index contributed by atoms with van der Waals surface area (Å²) in [5.74, 6) is -0.966. The van der Waals surface area contributed by atoms with E-state index in [1.54, 1.807) is 0 Å². The first kappa shape index (κ1) is 17.6. The topological polar surface area (TPSA) is 69.9 Å². The molecular weight excluding hydrogens is 340 g/mol. The van der Waals surface area contributed by atoms with Crippen LogP contribution >= 0.6 is 11.3 Å². The molecule has 2 aromatic rings. The average Bonchev–Trinajstić information content (AvgIpc) is 3.27. The maximum atomic E-state index is 12.0. The summed E-state index contributed by atoms with van der Waals surface area (Å²) in [6, 6.07) is 8.20. The molecule has 1 aliphatic heterocycles. The van der Waals surface area contributed by atoms with Crippen molar-refractivity contribution < 1.29 is 19.1 Å². The van der Waals surface area contributed by atoms with Crippen molar-refractivity contribution in [2.75, 3.05) is 13.2 Å². The molecule has 7 heteroatoms. The average molecular weight is 360 g/mol. The van der Waals surface area contributed by atoms with Gasteiger partial charge in [-0.2, -0.15) is 4.99 Å². The number of rotatable bonds is 5. The first-order valence-corrected chi connectivity index (χ1v) is 9.05. The molecule has 1 aromatic heterocycles. The van der Waals surface area contributed by atoms with Crippen LogP contribution in [0.3, 0.4) is 0 Å². The fourth-order valence-corrected chi connectivity index (χ4v) is 3.27. The predicted molar refractivity (Wildman–Crippen MR) is 93.1 cm³/mol. The van der Waals surface area contributed by atoms with Gasteiger partial charge in [0.15, 0.2) is 17.5 Å². The third-order valence-corrected chi connectivity index (χ3v) is 4.68. The smallest absolute Gasteiger partial charge is 0.335 e. The molecule has 1 amide bonds. The largest absolute Gasteiger partial charge is 0.454 e. The molecule has 6 nitrogen and oxygen atoms in total. The molecule has 0 radical (unpaired) electrons. The molecule has 1 atom stereocenters. The highest BCUT2D eigenvalue weighted by Gasteiger charge is 2.25. The van der Waals surface area contributed by atoms with Crippen molar-refractivity contribution in [3.8, 4) is 0 Å². The summed E-state index contributed by atoms with van der Waals surface area (Å²) in [5.41, 5.74) is 2.33. The molecule has 132 valence electrons. The van der Waals surface area contributed by atoms with Gasteiger partial charge in [-0.3, -0.25) is 4.79 Å². The standard InChI is InChI=1S/C18H20N2O4S/c1-13-4-6-14(7-5-13)11-20-8-10-25-18(20)19-16(21)12-24-17(22)15-3-2-9-23-15/h4-8,10,15H,2-3,9,11-12H2,1H3/t15-/m1/s1. The number of aromatic nitrogens is 1. The molecule has 1 aliphatic rings. The highest BCUT2D eigenvalue weighted by molar-refractivity contribution is 7.07. The molecule has 1 fully saturated rings. The first-order chi connectivity index (χ1) is 12.1. The molecule has 0 bridgehead atoms. The number of hydrogen-bond donors (Lipinski definition) is 0. The lowest BCUT2D eigenvalue weighted by Gasteiger charge is -2.07. The lowest BCUT2D eigenvalue weighted by Crippen LogP contribution is -2.25. The van der Waals surface area contributed by atoms with Crippen molar-refractivity contribution >= 4 is 23.2 Å². The van der Waals surface area contributed by atoms with Crippen molar-refractivity contribution in [2.45, 2.75) is 32.4 Å². The van der Waals surface area contributed by atoms with Crippen molar-refractivity contribution in [3.63, 3.8) is 0 Å². The van der Waals surface area contributed by atoms with Crippen LogP contribution in [0.2, 0.25) is 0 Å². The van der Waals surface area contributed by atoms with Gasteiger partial charge < -0.3 is 14.0 Å². The number of benzene rings is 1. The Kier molecular flexibility index (Phi) is 5.78. The van der Waals surface area contributed by atoms with Gasteiger partial charge in [-0.15, -0.1) is 11.3 Å². The number of esters is 1. The second-order valence-electron chi connectivity index (χ2n) is 5.91. The summed E-state index contributed by atoms with van der Waals surface area (Å²) in [5, 5.41) is 1.87. The lowest BCUT2D eigenvalue weighted by molar-refractivity contribution is -0.156. The van der Waals surface area contributed by atoms with E-state index in [1.165, 1.54) is 16.9 Å². The summed E-state index contributed by atoms with van der Waals surface area (Å²) in [6.45, 7) is 2.87. The van der Waals surface area contributed by atoms with E-state index in [9.17, 15) is 9.59 Å². The van der Waals surface area contributed by atoms with Crippen LogP contribution in [0.1, 0.15) is 24.0 Å². The Balaban J connectivity index is 1.61. The van der Waals surface area contributed by atoms with E-state index in [-0.39, 0.29) is 6.61 Å². The monoisotopic (exact) mass is 360 g/mol. The fourth-order valence-electron chi connectivity index (χ4n) is 2.53. The van der Waals surface area contributed by atoms with E-state index in [4.69, 9.17) is 9.47 Å². The number of hydrogen-bond acceptors (Lipinski definition) is 5. The molecular formula is C18H20N2O4S. The highest BCUT2D eigenvalue weighted by Crippen LogP contribution is 2.13. The number of carbonyl (C=O) groups is 2. The molecule has 0 spiro atoms. The minimum atomic E-state index is -0.541. The molecule has 1 aromatic carbocycles.